The van der Waals surface area contributed by atoms with Gasteiger partial charge < -0.3 is 14.8 Å². The molecule has 0 atom stereocenters. The molecular formula is C16H18N2O3. The average molecular weight is 286 g/mol. The molecule has 5 heteroatoms. The molecule has 1 aromatic carbocycles. The number of benzene rings is 1. The Bertz CT molecular complexity index is 686. The number of H-pyrrole nitrogens is 1. The Balaban J connectivity index is 2.00. The van der Waals surface area contributed by atoms with Crippen molar-refractivity contribution in [3.63, 3.8) is 0 Å². The van der Waals surface area contributed by atoms with Crippen molar-refractivity contribution in [1.82, 2.24) is 9.97 Å². The molecule has 1 fully saturated rings. The quantitative estimate of drug-likeness (QED) is 0.888. The van der Waals surface area contributed by atoms with Crippen molar-refractivity contribution < 1.29 is 9.84 Å². The highest BCUT2D eigenvalue weighted by Crippen LogP contribution is 2.28. The van der Waals surface area contributed by atoms with E-state index in [1.807, 2.05) is 31.2 Å². The van der Waals surface area contributed by atoms with Crippen LogP contribution in [0.2, 0.25) is 0 Å². The van der Waals surface area contributed by atoms with Crippen LogP contribution in [0.15, 0.2) is 29.1 Å². The van der Waals surface area contributed by atoms with Gasteiger partial charge in [-0.1, -0.05) is 29.8 Å². The lowest BCUT2D eigenvalue weighted by atomic mass is 9.99. The van der Waals surface area contributed by atoms with Gasteiger partial charge in [-0.3, -0.25) is 4.79 Å². The zero-order chi connectivity index (χ0) is 14.8. The van der Waals surface area contributed by atoms with Crippen LogP contribution in [-0.2, 0) is 4.74 Å². The fourth-order valence-electron chi connectivity index (χ4n) is 2.62. The number of ether oxygens (including phenoxy) is 1. The third-order valence-electron chi connectivity index (χ3n) is 3.87. The fourth-order valence-corrected chi connectivity index (χ4v) is 2.62. The van der Waals surface area contributed by atoms with E-state index in [2.05, 4.69) is 9.97 Å². The first-order chi connectivity index (χ1) is 10.1. The SMILES string of the molecule is Cc1ccc(-c2c(O)nc(C3CCOCC3)[nH]c2=O)cc1. The van der Waals surface area contributed by atoms with Gasteiger partial charge in [0.05, 0.1) is 0 Å². The molecule has 1 aliphatic rings. The molecule has 21 heavy (non-hydrogen) atoms. The molecule has 5 nitrogen and oxygen atoms in total. The predicted octanol–water partition coefficient (Wildman–Crippen LogP) is 2.34. The van der Waals surface area contributed by atoms with E-state index in [1.165, 1.54) is 0 Å². The van der Waals surface area contributed by atoms with Crippen molar-refractivity contribution in [2.24, 2.45) is 0 Å². The summed E-state index contributed by atoms with van der Waals surface area (Å²) in [7, 11) is 0. The van der Waals surface area contributed by atoms with Gasteiger partial charge in [-0.15, -0.1) is 0 Å². The smallest absolute Gasteiger partial charge is 0.262 e. The maximum absolute atomic E-state index is 12.3. The van der Waals surface area contributed by atoms with Crippen LogP contribution in [0, 0.1) is 6.92 Å². The monoisotopic (exact) mass is 286 g/mol. The Labute approximate surface area is 122 Å². The van der Waals surface area contributed by atoms with Gasteiger partial charge in [-0.2, -0.15) is 4.98 Å². The number of hydrogen-bond acceptors (Lipinski definition) is 4. The Morgan fingerprint density at radius 2 is 1.90 bits per heavy atom. The summed E-state index contributed by atoms with van der Waals surface area (Å²) in [5, 5.41) is 10.2. The molecule has 2 aromatic rings. The second-order valence-corrected chi connectivity index (χ2v) is 5.40. The molecule has 2 heterocycles. The molecule has 1 aromatic heterocycles. The van der Waals surface area contributed by atoms with Crippen molar-refractivity contribution >= 4 is 0 Å². The highest BCUT2D eigenvalue weighted by molar-refractivity contribution is 5.67. The van der Waals surface area contributed by atoms with Gasteiger partial charge in [-0.25, -0.2) is 0 Å². The summed E-state index contributed by atoms with van der Waals surface area (Å²) in [5.74, 6) is 0.491. The average Bonchev–Trinajstić information content (AvgIpc) is 2.49. The summed E-state index contributed by atoms with van der Waals surface area (Å²) in [4.78, 5) is 19.3. The van der Waals surface area contributed by atoms with Gasteiger partial charge in [0, 0.05) is 19.1 Å². The summed E-state index contributed by atoms with van der Waals surface area (Å²) >= 11 is 0. The van der Waals surface area contributed by atoms with Crippen LogP contribution >= 0.6 is 0 Å². The predicted molar refractivity (Wildman–Crippen MR) is 79.5 cm³/mol. The highest BCUT2D eigenvalue weighted by atomic mass is 16.5. The van der Waals surface area contributed by atoms with E-state index in [-0.39, 0.29) is 22.9 Å². The maximum atomic E-state index is 12.3. The zero-order valence-corrected chi connectivity index (χ0v) is 11.9. The van der Waals surface area contributed by atoms with Crippen molar-refractivity contribution in [2.75, 3.05) is 13.2 Å². The van der Waals surface area contributed by atoms with Crippen LogP contribution in [0.1, 0.15) is 30.1 Å². The Kier molecular flexibility index (Phi) is 3.75. The summed E-state index contributed by atoms with van der Waals surface area (Å²) in [6.45, 7) is 3.30. The number of nitrogens with zero attached hydrogens (tertiary/aromatic N) is 1. The maximum Gasteiger partial charge on any atom is 0.262 e. The van der Waals surface area contributed by atoms with Crippen molar-refractivity contribution in [2.45, 2.75) is 25.7 Å². The molecule has 2 N–H and O–H groups in total. The second-order valence-electron chi connectivity index (χ2n) is 5.40. The van der Waals surface area contributed by atoms with Gasteiger partial charge in [0.2, 0.25) is 5.88 Å². The molecular weight excluding hydrogens is 268 g/mol. The molecule has 0 bridgehead atoms. The summed E-state index contributed by atoms with van der Waals surface area (Å²) in [6, 6.07) is 7.44. The lowest BCUT2D eigenvalue weighted by molar-refractivity contribution is 0.0834. The second kappa shape index (κ2) is 5.69. The highest BCUT2D eigenvalue weighted by Gasteiger charge is 2.21. The van der Waals surface area contributed by atoms with E-state index in [1.54, 1.807) is 0 Å². The van der Waals surface area contributed by atoms with Crippen LogP contribution in [0.25, 0.3) is 11.1 Å². The first kappa shape index (κ1) is 13.8. The summed E-state index contributed by atoms with van der Waals surface area (Å²) < 4.78 is 5.30. The van der Waals surface area contributed by atoms with Gasteiger partial charge in [-0.05, 0) is 25.3 Å². The number of aryl methyl sites for hydroxylation is 1. The van der Waals surface area contributed by atoms with E-state index in [0.717, 1.165) is 18.4 Å². The van der Waals surface area contributed by atoms with Crippen LogP contribution in [0.4, 0.5) is 0 Å². The minimum atomic E-state index is -0.298. The van der Waals surface area contributed by atoms with E-state index < -0.39 is 0 Å². The third kappa shape index (κ3) is 2.83. The van der Waals surface area contributed by atoms with Crippen LogP contribution in [0.5, 0.6) is 5.88 Å². The minimum absolute atomic E-state index is 0.143. The first-order valence-electron chi connectivity index (χ1n) is 7.13. The van der Waals surface area contributed by atoms with Crippen molar-refractivity contribution in [1.29, 1.82) is 0 Å². The van der Waals surface area contributed by atoms with E-state index in [4.69, 9.17) is 4.74 Å². The molecule has 1 saturated heterocycles. The van der Waals surface area contributed by atoms with Crippen molar-refractivity contribution in [3.8, 4) is 17.0 Å². The van der Waals surface area contributed by atoms with E-state index in [0.29, 0.717) is 24.6 Å². The molecule has 0 spiro atoms. The molecule has 0 saturated carbocycles. The fraction of sp³-hybridized carbons (Fsp3) is 0.375. The number of rotatable bonds is 2. The topological polar surface area (TPSA) is 75.2 Å². The molecule has 110 valence electrons. The zero-order valence-electron chi connectivity index (χ0n) is 11.9. The Hall–Kier alpha value is -2.14. The number of hydrogen-bond donors (Lipinski definition) is 2. The van der Waals surface area contributed by atoms with Gasteiger partial charge in [0.15, 0.2) is 0 Å². The largest absolute Gasteiger partial charge is 0.493 e. The summed E-state index contributed by atoms with van der Waals surface area (Å²) in [5.41, 5.74) is 1.70. The van der Waals surface area contributed by atoms with Crippen LogP contribution < -0.4 is 5.56 Å². The van der Waals surface area contributed by atoms with Crippen molar-refractivity contribution in [3.05, 3.63) is 46.0 Å². The molecule has 0 aliphatic carbocycles. The van der Waals surface area contributed by atoms with Gasteiger partial charge in [0.25, 0.3) is 5.56 Å². The lowest BCUT2D eigenvalue weighted by Crippen LogP contribution is -2.21. The molecule has 0 unspecified atom stereocenters. The normalized spacial score (nSPS) is 16.0. The summed E-state index contributed by atoms with van der Waals surface area (Å²) in [6.07, 6.45) is 1.62. The lowest BCUT2D eigenvalue weighted by Gasteiger charge is -2.21. The Morgan fingerprint density at radius 1 is 1.24 bits per heavy atom. The first-order valence-corrected chi connectivity index (χ1v) is 7.13. The standard InChI is InChI=1S/C16H18N2O3/c1-10-2-4-11(5-3-10)13-15(19)17-14(18-16(13)20)12-6-8-21-9-7-12/h2-5,12H,6-9H2,1H3,(H2,17,18,19,20). The Morgan fingerprint density at radius 3 is 2.52 bits per heavy atom. The van der Waals surface area contributed by atoms with Gasteiger partial charge >= 0.3 is 0 Å². The van der Waals surface area contributed by atoms with E-state index in [9.17, 15) is 9.90 Å². The number of nitrogens with one attached hydrogen (secondary N) is 1. The van der Waals surface area contributed by atoms with Crippen LogP contribution in [0.3, 0.4) is 0 Å². The number of aromatic nitrogens is 2. The van der Waals surface area contributed by atoms with Gasteiger partial charge in [0.1, 0.15) is 11.4 Å². The third-order valence-corrected chi connectivity index (χ3v) is 3.87. The minimum Gasteiger partial charge on any atom is -0.493 e. The molecule has 3 rings (SSSR count). The molecule has 0 radical (unpaired) electrons. The molecule has 0 amide bonds. The molecule has 1 aliphatic heterocycles. The number of aromatic hydroxyl groups is 1. The van der Waals surface area contributed by atoms with Crippen LogP contribution in [-0.4, -0.2) is 28.3 Å². The van der Waals surface area contributed by atoms with E-state index >= 15 is 0 Å². The number of aromatic amines is 1.